The second kappa shape index (κ2) is 8.43. The van der Waals surface area contributed by atoms with Gasteiger partial charge in [-0.2, -0.15) is 5.10 Å². The highest BCUT2D eigenvalue weighted by molar-refractivity contribution is 5.91. The van der Waals surface area contributed by atoms with Gasteiger partial charge in [-0.25, -0.2) is 8.91 Å². The number of nitrogens with zero attached hydrogens (tertiary/aromatic N) is 3. The predicted molar refractivity (Wildman–Crippen MR) is 116 cm³/mol. The van der Waals surface area contributed by atoms with Crippen LogP contribution in [0.4, 0.5) is 10.1 Å². The largest absolute Gasteiger partial charge is 0.494 e. The summed E-state index contributed by atoms with van der Waals surface area (Å²) in [5.74, 6) is 0.00780. The van der Waals surface area contributed by atoms with E-state index in [0.717, 1.165) is 11.3 Å². The number of halogens is 1. The summed E-state index contributed by atoms with van der Waals surface area (Å²) in [7, 11) is 0. The highest BCUT2D eigenvalue weighted by atomic mass is 19.1. The Kier molecular flexibility index (Phi) is 5.53. The van der Waals surface area contributed by atoms with E-state index in [1.807, 2.05) is 31.2 Å². The molecule has 2 aromatic heterocycles. The predicted octanol–water partition coefficient (Wildman–Crippen LogP) is 3.65. The normalized spacial score (nSPS) is 10.9. The van der Waals surface area contributed by atoms with Gasteiger partial charge in [0, 0.05) is 23.6 Å². The molecule has 0 spiro atoms. The SMILES string of the molecule is CCOc1ccc(-c2cc3c(=O)n(CC(=O)Nc4ccc(F)cc4C)ccn3n2)cc1. The van der Waals surface area contributed by atoms with Crippen LogP contribution in [0.1, 0.15) is 12.5 Å². The molecular weight excluding hydrogens is 399 g/mol. The molecule has 2 heterocycles. The third-order valence-corrected chi connectivity index (χ3v) is 4.84. The lowest BCUT2D eigenvalue weighted by Gasteiger charge is -2.10. The molecule has 1 amide bonds. The van der Waals surface area contributed by atoms with Crippen LogP contribution >= 0.6 is 0 Å². The molecule has 0 aliphatic heterocycles. The van der Waals surface area contributed by atoms with E-state index < -0.39 is 0 Å². The number of benzene rings is 2. The quantitative estimate of drug-likeness (QED) is 0.517. The van der Waals surface area contributed by atoms with Gasteiger partial charge in [0.2, 0.25) is 5.91 Å². The first-order valence-electron chi connectivity index (χ1n) is 9.82. The fourth-order valence-corrected chi connectivity index (χ4v) is 3.29. The summed E-state index contributed by atoms with van der Waals surface area (Å²) in [5.41, 5.74) is 2.62. The van der Waals surface area contributed by atoms with Crippen LogP contribution in [0.25, 0.3) is 16.8 Å². The molecular formula is C23H21FN4O3. The number of aromatic nitrogens is 3. The first-order chi connectivity index (χ1) is 14.9. The zero-order chi connectivity index (χ0) is 22.0. The van der Waals surface area contributed by atoms with Crippen molar-refractivity contribution in [3.63, 3.8) is 0 Å². The highest BCUT2D eigenvalue weighted by Gasteiger charge is 2.12. The van der Waals surface area contributed by atoms with Gasteiger partial charge in [0.25, 0.3) is 5.56 Å². The van der Waals surface area contributed by atoms with Crippen LogP contribution in [0.2, 0.25) is 0 Å². The number of anilines is 1. The van der Waals surface area contributed by atoms with Crippen LogP contribution in [0.5, 0.6) is 5.75 Å². The summed E-state index contributed by atoms with van der Waals surface area (Å²) in [4.78, 5) is 25.3. The van der Waals surface area contributed by atoms with Crippen LogP contribution in [-0.2, 0) is 11.3 Å². The number of carbonyl (C=O) groups is 1. The Morgan fingerprint density at radius 1 is 1.13 bits per heavy atom. The molecule has 0 atom stereocenters. The monoisotopic (exact) mass is 420 g/mol. The molecule has 31 heavy (non-hydrogen) atoms. The van der Waals surface area contributed by atoms with Crippen LogP contribution in [0.15, 0.2) is 65.7 Å². The van der Waals surface area contributed by atoms with Gasteiger partial charge in [-0.15, -0.1) is 0 Å². The topological polar surface area (TPSA) is 77.6 Å². The Labute approximate surface area is 177 Å². The van der Waals surface area contributed by atoms with Crippen molar-refractivity contribution in [3.05, 3.63) is 82.7 Å². The van der Waals surface area contributed by atoms with E-state index in [4.69, 9.17) is 4.74 Å². The maximum atomic E-state index is 13.2. The van der Waals surface area contributed by atoms with Gasteiger partial charge in [0.15, 0.2) is 0 Å². The maximum absolute atomic E-state index is 13.2. The van der Waals surface area contributed by atoms with E-state index in [9.17, 15) is 14.0 Å². The molecule has 0 saturated heterocycles. The third kappa shape index (κ3) is 4.32. The van der Waals surface area contributed by atoms with E-state index in [-0.39, 0.29) is 23.8 Å². The standard InChI is InChI=1S/C23H21FN4O3/c1-3-31-18-7-4-16(5-8-18)20-13-21-23(30)27(10-11-28(21)26-20)14-22(29)25-19-9-6-17(24)12-15(19)2/h4-13H,3,14H2,1-2H3,(H,25,29). The number of nitrogens with one attached hydrogen (secondary N) is 1. The molecule has 4 aromatic rings. The molecule has 0 aliphatic rings. The zero-order valence-corrected chi connectivity index (χ0v) is 17.1. The summed E-state index contributed by atoms with van der Waals surface area (Å²) in [6, 6.07) is 13.3. The Hall–Kier alpha value is -3.94. The number of hydrogen-bond acceptors (Lipinski definition) is 4. The first-order valence-corrected chi connectivity index (χ1v) is 9.82. The number of ether oxygens (including phenoxy) is 1. The average Bonchev–Trinajstić information content (AvgIpc) is 3.18. The van der Waals surface area contributed by atoms with E-state index in [2.05, 4.69) is 10.4 Å². The molecule has 7 nitrogen and oxygen atoms in total. The fourth-order valence-electron chi connectivity index (χ4n) is 3.29. The third-order valence-electron chi connectivity index (χ3n) is 4.84. The number of rotatable bonds is 6. The lowest BCUT2D eigenvalue weighted by molar-refractivity contribution is -0.116. The summed E-state index contributed by atoms with van der Waals surface area (Å²) >= 11 is 0. The van der Waals surface area contributed by atoms with Crippen molar-refractivity contribution in [3.8, 4) is 17.0 Å². The minimum Gasteiger partial charge on any atom is -0.494 e. The number of hydrogen-bond donors (Lipinski definition) is 1. The fraction of sp³-hybridized carbons (Fsp3) is 0.174. The Balaban J connectivity index is 1.56. The molecule has 4 rings (SSSR count). The van der Waals surface area contributed by atoms with E-state index in [1.165, 1.54) is 33.5 Å². The molecule has 0 fully saturated rings. The molecule has 0 saturated carbocycles. The number of aryl methyl sites for hydroxylation is 1. The smallest absolute Gasteiger partial charge is 0.277 e. The van der Waals surface area contributed by atoms with E-state index in [0.29, 0.717) is 29.1 Å². The summed E-state index contributed by atoms with van der Waals surface area (Å²) in [5, 5.41) is 7.16. The Bertz CT molecular complexity index is 1310. The van der Waals surface area contributed by atoms with Crippen molar-refractivity contribution in [2.24, 2.45) is 0 Å². The zero-order valence-electron chi connectivity index (χ0n) is 17.1. The molecule has 0 bridgehead atoms. The van der Waals surface area contributed by atoms with E-state index >= 15 is 0 Å². The lowest BCUT2D eigenvalue weighted by Crippen LogP contribution is -2.28. The molecule has 0 unspecified atom stereocenters. The molecule has 1 N–H and O–H groups in total. The van der Waals surface area contributed by atoms with Gasteiger partial charge >= 0.3 is 0 Å². The molecule has 2 aromatic carbocycles. The second-order valence-electron chi connectivity index (χ2n) is 7.06. The van der Waals surface area contributed by atoms with Crippen LogP contribution in [0, 0.1) is 12.7 Å². The molecule has 0 aliphatic carbocycles. The van der Waals surface area contributed by atoms with E-state index in [1.54, 1.807) is 19.2 Å². The van der Waals surface area contributed by atoms with Gasteiger partial charge in [-0.3, -0.25) is 9.59 Å². The van der Waals surface area contributed by atoms with Crippen molar-refractivity contribution in [2.75, 3.05) is 11.9 Å². The maximum Gasteiger partial charge on any atom is 0.277 e. The van der Waals surface area contributed by atoms with Crippen LogP contribution in [0.3, 0.4) is 0 Å². The Morgan fingerprint density at radius 2 is 1.90 bits per heavy atom. The van der Waals surface area contributed by atoms with Crippen molar-refractivity contribution in [1.82, 2.24) is 14.2 Å². The van der Waals surface area contributed by atoms with Crippen molar-refractivity contribution in [2.45, 2.75) is 20.4 Å². The summed E-state index contributed by atoms with van der Waals surface area (Å²) in [6.45, 7) is 4.03. The minimum absolute atomic E-state index is 0.171. The van der Waals surface area contributed by atoms with Crippen molar-refractivity contribution < 1.29 is 13.9 Å². The summed E-state index contributed by atoms with van der Waals surface area (Å²) < 4.78 is 21.5. The summed E-state index contributed by atoms with van der Waals surface area (Å²) in [6.07, 6.45) is 3.15. The number of carbonyl (C=O) groups excluding carboxylic acids is 1. The van der Waals surface area contributed by atoms with Gasteiger partial charge in [-0.05, 0) is 67.9 Å². The molecule has 158 valence electrons. The van der Waals surface area contributed by atoms with Crippen molar-refractivity contribution >= 4 is 17.1 Å². The Morgan fingerprint density at radius 3 is 2.61 bits per heavy atom. The molecule has 0 radical (unpaired) electrons. The second-order valence-corrected chi connectivity index (χ2v) is 7.06. The molecule has 8 heteroatoms. The van der Waals surface area contributed by atoms with Crippen molar-refractivity contribution in [1.29, 1.82) is 0 Å². The minimum atomic E-state index is -0.382. The first kappa shape index (κ1) is 20.3. The van der Waals surface area contributed by atoms with Gasteiger partial charge in [0.05, 0.1) is 12.3 Å². The highest BCUT2D eigenvalue weighted by Crippen LogP contribution is 2.22. The van der Waals surface area contributed by atoms with Gasteiger partial charge in [0.1, 0.15) is 23.6 Å². The van der Waals surface area contributed by atoms with Gasteiger partial charge < -0.3 is 14.6 Å². The van der Waals surface area contributed by atoms with Crippen LogP contribution in [-0.4, -0.2) is 26.7 Å². The number of amides is 1. The van der Waals surface area contributed by atoms with Crippen LogP contribution < -0.4 is 15.6 Å². The lowest BCUT2D eigenvalue weighted by atomic mass is 10.1. The van der Waals surface area contributed by atoms with Gasteiger partial charge in [-0.1, -0.05) is 0 Å². The average molecular weight is 420 g/mol. The number of fused-ring (bicyclic) bond motifs is 1.